The number of amides is 1. The van der Waals surface area contributed by atoms with E-state index in [-0.39, 0.29) is 5.91 Å². The van der Waals surface area contributed by atoms with Crippen LogP contribution in [0, 0.1) is 0 Å². The van der Waals surface area contributed by atoms with E-state index in [9.17, 15) is 4.79 Å². The minimum Gasteiger partial charge on any atom is -0.343 e. The summed E-state index contributed by atoms with van der Waals surface area (Å²) in [6.07, 6.45) is 3.98. The van der Waals surface area contributed by atoms with Crippen LogP contribution in [0.3, 0.4) is 0 Å². The van der Waals surface area contributed by atoms with Gasteiger partial charge in [-0.25, -0.2) is 0 Å². The first-order valence-corrected chi connectivity index (χ1v) is 9.05. The Kier molecular flexibility index (Phi) is 5.51. The zero-order chi connectivity index (χ0) is 16.1. The summed E-state index contributed by atoms with van der Waals surface area (Å²) < 4.78 is 1.66. The van der Waals surface area contributed by atoms with E-state index in [1.807, 2.05) is 17.0 Å². The van der Waals surface area contributed by atoms with Gasteiger partial charge in [-0.1, -0.05) is 23.4 Å². The summed E-state index contributed by atoms with van der Waals surface area (Å²) in [5.74, 6) is 0.895. The van der Waals surface area contributed by atoms with E-state index < -0.39 is 0 Å². The number of carbonyl (C=O) groups is 1. The molecule has 23 heavy (non-hydrogen) atoms. The average Bonchev–Trinajstić information content (AvgIpc) is 3.05. The lowest BCUT2D eigenvalue weighted by atomic mass is 10.1. The van der Waals surface area contributed by atoms with Crippen LogP contribution in [0.2, 0.25) is 5.02 Å². The van der Waals surface area contributed by atoms with Crippen molar-refractivity contribution in [3.8, 4) is 5.69 Å². The Hall–Kier alpha value is -1.60. The number of hydrogen-bond donors (Lipinski definition) is 0. The van der Waals surface area contributed by atoms with Crippen molar-refractivity contribution in [1.82, 2.24) is 25.1 Å². The Morgan fingerprint density at radius 1 is 1.17 bits per heavy atom. The van der Waals surface area contributed by atoms with Crippen LogP contribution in [0.15, 0.2) is 29.4 Å². The van der Waals surface area contributed by atoms with Crippen LogP contribution >= 0.6 is 23.4 Å². The monoisotopic (exact) mass is 351 g/mol. The molecule has 3 rings (SSSR count). The van der Waals surface area contributed by atoms with Crippen molar-refractivity contribution in [2.75, 3.05) is 18.8 Å². The molecule has 1 amide bonds. The molecule has 1 saturated heterocycles. The highest BCUT2D eigenvalue weighted by Crippen LogP contribution is 2.21. The second-order valence-corrected chi connectivity index (χ2v) is 6.89. The lowest BCUT2D eigenvalue weighted by Crippen LogP contribution is -2.35. The number of carbonyl (C=O) groups excluding carboxylic acids is 1. The third kappa shape index (κ3) is 4.23. The number of tetrazole rings is 1. The zero-order valence-electron chi connectivity index (χ0n) is 12.7. The molecule has 0 radical (unpaired) electrons. The number of benzene rings is 1. The van der Waals surface area contributed by atoms with E-state index in [1.54, 1.807) is 16.8 Å². The van der Waals surface area contributed by atoms with Crippen molar-refractivity contribution in [2.45, 2.75) is 30.8 Å². The number of aromatic nitrogens is 4. The maximum absolute atomic E-state index is 12.2. The molecule has 0 atom stereocenters. The van der Waals surface area contributed by atoms with Crippen molar-refractivity contribution >= 4 is 29.3 Å². The topological polar surface area (TPSA) is 63.9 Å². The molecular weight excluding hydrogens is 334 g/mol. The number of nitrogens with zero attached hydrogens (tertiary/aromatic N) is 5. The van der Waals surface area contributed by atoms with E-state index in [0.29, 0.717) is 22.4 Å². The fourth-order valence-electron chi connectivity index (χ4n) is 2.54. The van der Waals surface area contributed by atoms with Gasteiger partial charge in [-0.3, -0.25) is 4.79 Å². The summed E-state index contributed by atoms with van der Waals surface area (Å²) in [6.45, 7) is 1.79. The molecule has 1 aromatic heterocycles. The molecule has 0 saturated carbocycles. The number of hydrogen-bond acceptors (Lipinski definition) is 5. The lowest BCUT2D eigenvalue weighted by molar-refractivity contribution is -0.131. The number of piperidine rings is 1. The second-order valence-electron chi connectivity index (χ2n) is 5.39. The Bertz CT molecular complexity index is 654. The van der Waals surface area contributed by atoms with Gasteiger partial charge in [-0.05, 0) is 54.0 Å². The molecule has 0 N–H and O–H groups in total. The molecule has 6 nitrogen and oxygen atoms in total. The zero-order valence-corrected chi connectivity index (χ0v) is 14.3. The summed E-state index contributed by atoms with van der Waals surface area (Å²) in [5.41, 5.74) is 0.851. The largest absolute Gasteiger partial charge is 0.343 e. The fourth-order valence-corrected chi connectivity index (χ4v) is 3.49. The third-order valence-corrected chi connectivity index (χ3v) is 4.94. The maximum atomic E-state index is 12.2. The first-order valence-electron chi connectivity index (χ1n) is 7.69. The molecule has 1 aromatic carbocycles. The van der Waals surface area contributed by atoms with Gasteiger partial charge in [0, 0.05) is 30.3 Å². The summed E-state index contributed by atoms with van der Waals surface area (Å²) in [6, 6.07) is 7.32. The van der Waals surface area contributed by atoms with Crippen LogP contribution in [0.1, 0.15) is 25.7 Å². The van der Waals surface area contributed by atoms with E-state index in [1.165, 1.54) is 18.2 Å². The van der Waals surface area contributed by atoms with Crippen molar-refractivity contribution in [3.63, 3.8) is 0 Å². The van der Waals surface area contributed by atoms with Crippen molar-refractivity contribution in [3.05, 3.63) is 29.3 Å². The minimum absolute atomic E-state index is 0.225. The Labute approximate surface area is 144 Å². The Morgan fingerprint density at radius 2 is 1.91 bits per heavy atom. The van der Waals surface area contributed by atoms with Gasteiger partial charge in [-0.15, -0.1) is 5.10 Å². The van der Waals surface area contributed by atoms with Gasteiger partial charge in [0.2, 0.25) is 11.1 Å². The van der Waals surface area contributed by atoms with Crippen LogP contribution in [0.4, 0.5) is 0 Å². The van der Waals surface area contributed by atoms with Crippen LogP contribution in [-0.4, -0.2) is 49.9 Å². The van der Waals surface area contributed by atoms with Crippen LogP contribution < -0.4 is 0 Å². The molecule has 2 aromatic rings. The molecule has 122 valence electrons. The molecule has 2 heterocycles. The van der Waals surface area contributed by atoms with Crippen LogP contribution in [0.25, 0.3) is 5.69 Å². The maximum Gasteiger partial charge on any atom is 0.223 e. The van der Waals surface area contributed by atoms with Crippen molar-refractivity contribution in [1.29, 1.82) is 0 Å². The molecule has 8 heteroatoms. The minimum atomic E-state index is 0.225. The molecule has 0 aliphatic carbocycles. The highest BCUT2D eigenvalue weighted by molar-refractivity contribution is 7.99. The van der Waals surface area contributed by atoms with Gasteiger partial charge in [0.1, 0.15) is 0 Å². The molecule has 0 bridgehead atoms. The van der Waals surface area contributed by atoms with E-state index >= 15 is 0 Å². The molecule has 1 aliphatic rings. The van der Waals surface area contributed by atoms with Gasteiger partial charge < -0.3 is 4.90 Å². The summed E-state index contributed by atoms with van der Waals surface area (Å²) in [4.78, 5) is 14.1. The third-order valence-electron chi connectivity index (χ3n) is 3.77. The van der Waals surface area contributed by atoms with Crippen LogP contribution in [-0.2, 0) is 4.79 Å². The highest BCUT2D eigenvalue weighted by atomic mass is 35.5. The van der Waals surface area contributed by atoms with Gasteiger partial charge in [0.05, 0.1) is 5.69 Å². The number of halogens is 1. The Balaban J connectivity index is 1.56. The molecular formula is C15H18ClN5OS. The number of likely N-dealkylation sites (tertiary alicyclic amines) is 1. The van der Waals surface area contributed by atoms with Gasteiger partial charge in [0.25, 0.3) is 0 Å². The fraction of sp³-hybridized carbons (Fsp3) is 0.467. The highest BCUT2D eigenvalue weighted by Gasteiger charge is 2.17. The smallest absolute Gasteiger partial charge is 0.223 e. The first-order chi connectivity index (χ1) is 11.2. The van der Waals surface area contributed by atoms with Gasteiger partial charge in [-0.2, -0.15) is 4.68 Å². The lowest BCUT2D eigenvalue weighted by Gasteiger charge is -2.26. The van der Waals surface area contributed by atoms with Crippen LogP contribution in [0.5, 0.6) is 0 Å². The quantitative estimate of drug-likeness (QED) is 0.775. The summed E-state index contributed by atoms with van der Waals surface area (Å²) >= 11 is 7.39. The van der Waals surface area contributed by atoms with E-state index in [0.717, 1.165) is 31.6 Å². The normalized spacial score (nSPS) is 14.9. The van der Waals surface area contributed by atoms with E-state index in [2.05, 4.69) is 15.5 Å². The predicted molar refractivity (Wildman–Crippen MR) is 89.9 cm³/mol. The molecule has 1 fully saturated rings. The predicted octanol–water partition coefficient (Wildman–Crippen LogP) is 2.81. The second kappa shape index (κ2) is 7.79. The summed E-state index contributed by atoms with van der Waals surface area (Å²) in [7, 11) is 0. The number of rotatable bonds is 5. The molecule has 0 spiro atoms. The van der Waals surface area contributed by atoms with Crippen molar-refractivity contribution < 1.29 is 4.79 Å². The summed E-state index contributed by atoms with van der Waals surface area (Å²) in [5, 5.41) is 13.1. The number of thioether (sulfide) groups is 1. The van der Waals surface area contributed by atoms with E-state index in [4.69, 9.17) is 11.6 Å². The first kappa shape index (κ1) is 16.3. The van der Waals surface area contributed by atoms with Gasteiger partial charge in [0.15, 0.2) is 0 Å². The average molecular weight is 352 g/mol. The SMILES string of the molecule is O=C(CCSc1nnnn1-c1ccc(Cl)cc1)N1CCCCC1. The molecule has 1 aliphatic heterocycles. The van der Waals surface area contributed by atoms with Gasteiger partial charge >= 0.3 is 0 Å². The molecule has 0 unspecified atom stereocenters. The van der Waals surface area contributed by atoms with Crippen molar-refractivity contribution in [2.24, 2.45) is 0 Å². The Morgan fingerprint density at radius 3 is 2.65 bits per heavy atom. The standard InChI is InChI=1S/C15H18ClN5OS/c16-12-4-6-13(7-5-12)21-15(17-18-19-21)23-11-8-14(22)20-9-2-1-3-10-20/h4-7H,1-3,8-11H2.